The van der Waals surface area contributed by atoms with Crippen LogP contribution in [0.2, 0.25) is 0 Å². The molecule has 0 N–H and O–H groups in total. The molecule has 2 aliphatic rings. The van der Waals surface area contributed by atoms with Gasteiger partial charge in [0.05, 0.1) is 44.7 Å². The maximum atomic E-state index is 14.1. The molecule has 0 spiro atoms. The monoisotopic (exact) mass is 812 g/mol. The Bertz CT molecular complexity index is 2100. The van der Waals surface area contributed by atoms with E-state index in [0.29, 0.717) is 5.56 Å². The van der Waals surface area contributed by atoms with E-state index in [1.54, 1.807) is 30.3 Å². The van der Waals surface area contributed by atoms with Crippen LogP contribution < -0.4 is 0 Å². The average molecular weight is 813 g/mol. The van der Waals surface area contributed by atoms with Gasteiger partial charge in [0.15, 0.2) is 18.0 Å². The van der Waals surface area contributed by atoms with E-state index in [-0.39, 0.29) is 39.5 Å². The maximum Gasteiger partial charge on any atom is 0.338 e. The van der Waals surface area contributed by atoms with Crippen molar-refractivity contribution in [3.05, 3.63) is 192 Å². The van der Waals surface area contributed by atoms with Crippen LogP contribution in [0, 0.1) is 0 Å². The van der Waals surface area contributed by atoms with Gasteiger partial charge in [-0.2, -0.15) is 0 Å². The van der Waals surface area contributed by atoms with E-state index in [1.165, 1.54) is 6.92 Å². The standard InChI is InChI=1S/C50H52O10/c1-4-30-53-47-44(54-32-37-20-10-5-11-21-37)45(58-36(2)51)50(57-35-40-26-16-8-17-27-40)43(60-47)31-42(59-46(52)41-28-18-9-19-29-41)49(3,56-34-39-24-14-7-15-25-39)48(50)55-33-38-22-12-6-13-23-38/h4-29,42-45,47-48H,1,30-35H2,2-3H3/t42-,43+,44+,45+,47-,48-,49+,50-/m0/s1. The molecule has 0 bridgehead atoms. The van der Waals surface area contributed by atoms with Crippen molar-refractivity contribution in [2.24, 2.45) is 0 Å². The van der Waals surface area contributed by atoms with E-state index in [2.05, 4.69) is 6.58 Å². The van der Waals surface area contributed by atoms with Crippen LogP contribution in [0.1, 0.15) is 52.9 Å². The molecule has 0 amide bonds. The van der Waals surface area contributed by atoms with Gasteiger partial charge in [-0.1, -0.05) is 146 Å². The van der Waals surface area contributed by atoms with Crippen LogP contribution >= 0.6 is 0 Å². The minimum absolute atomic E-state index is 0.0426. The minimum atomic E-state index is -1.66. The van der Waals surface area contributed by atoms with Gasteiger partial charge in [-0.05, 0) is 41.3 Å². The van der Waals surface area contributed by atoms with Gasteiger partial charge in [-0.3, -0.25) is 4.79 Å². The molecule has 1 heterocycles. The van der Waals surface area contributed by atoms with Crippen molar-refractivity contribution in [2.45, 2.75) is 94.7 Å². The first-order valence-electron chi connectivity index (χ1n) is 20.3. The van der Waals surface area contributed by atoms with Crippen LogP contribution in [-0.2, 0) is 69.1 Å². The molecule has 1 aliphatic heterocycles. The lowest BCUT2D eigenvalue weighted by Crippen LogP contribution is -2.81. The normalized spacial score (nSPS) is 26.0. The van der Waals surface area contributed by atoms with Crippen LogP contribution in [0.4, 0.5) is 0 Å². The molecule has 60 heavy (non-hydrogen) atoms. The summed E-state index contributed by atoms with van der Waals surface area (Å²) >= 11 is 0. The van der Waals surface area contributed by atoms with Gasteiger partial charge in [0, 0.05) is 13.3 Å². The summed E-state index contributed by atoms with van der Waals surface area (Å²) in [6, 6.07) is 47.6. The van der Waals surface area contributed by atoms with Crippen molar-refractivity contribution in [1.82, 2.24) is 0 Å². The average Bonchev–Trinajstić information content (AvgIpc) is 3.28. The third kappa shape index (κ3) is 9.93. The first kappa shape index (κ1) is 42.7. The van der Waals surface area contributed by atoms with E-state index < -0.39 is 60.0 Å². The molecule has 0 unspecified atom stereocenters. The Morgan fingerprint density at radius 3 is 1.65 bits per heavy atom. The molecule has 8 atom stereocenters. The van der Waals surface area contributed by atoms with Gasteiger partial charge in [-0.15, -0.1) is 6.58 Å². The zero-order chi connectivity index (χ0) is 41.8. The van der Waals surface area contributed by atoms with Crippen molar-refractivity contribution in [3.63, 3.8) is 0 Å². The number of carbonyl (C=O) groups excluding carboxylic acids is 2. The van der Waals surface area contributed by atoms with Crippen molar-refractivity contribution >= 4 is 11.9 Å². The van der Waals surface area contributed by atoms with E-state index in [0.717, 1.165) is 22.3 Å². The van der Waals surface area contributed by atoms with Crippen LogP contribution in [-0.4, -0.2) is 66.6 Å². The second kappa shape index (κ2) is 20.2. The molecule has 2 fully saturated rings. The summed E-state index contributed by atoms with van der Waals surface area (Å²) in [5.74, 6) is -1.13. The summed E-state index contributed by atoms with van der Waals surface area (Å²) in [5.41, 5.74) is 0.720. The molecule has 1 saturated carbocycles. The first-order chi connectivity index (χ1) is 29.3. The molecular weight excluding hydrogens is 761 g/mol. The van der Waals surface area contributed by atoms with Crippen molar-refractivity contribution in [1.29, 1.82) is 0 Å². The maximum absolute atomic E-state index is 14.1. The second-order valence-corrected chi connectivity index (χ2v) is 15.2. The third-order valence-corrected chi connectivity index (χ3v) is 11.0. The first-order valence-corrected chi connectivity index (χ1v) is 20.3. The summed E-state index contributed by atoms with van der Waals surface area (Å²) in [7, 11) is 0. The summed E-state index contributed by atoms with van der Waals surface area (Å²) < 4.78 is 54.6. The molecule has 7 rings (SSSR count). The largest absolute Gasteiger partial charge is 0.456 e. The molecule has 5 aromatic rings. The zero-order valence-electron chi connectivity index (χ0n) is 34.0. The second-order valence-electron chi connectivity index (χ2n) is 15.2. The summed E-state index contributed by atoms with van der Waals surface area (Å²) in [5, 5.41) is 0. The molecular formula is C50H52O10. The summed E-state index contributed by atoms with van der Waals surface area (Å²) in [4.78, 5) is 27.6. The molecule has 312 valence electrons. The quantitative estimate of drug-likeness (QED) is 0.0631. The topological polar surface area (TPSA) is 108 Å². The Hall–Kier alpha value is -5.46. The summed E-state index contributed by atoms with van der Waals surface area (Å²) in [6.45, 7) is 7.60. The van der Waals surface area contributed by atoms with E-state index in [4.69, 9.17) is 37.9 Å². The number of rotatable bonds is 18. The molecule has 1 aliphatic carbocycles. The minimum Gasteiger partial charge on any atom is -0.456 e. The van der Waals surface area contributed by atoms with Crippen LogP contribution in [0.5, 0.6) is 0 Å². The smallest absolute Gasteiger partial charge is 0.338 e. The highest BCUT2D eigenvalue weighted by Gasteiger charge is 2.73. The molecule has 10 heteroatoms. The zero-order valence-corrected chi connectivity index (χ0v) is 34.0. The number of esters is 2. The van der Waals surface area contributed by atoms with Crippen LogP contribution in [0.3, 0.4) is 0 Å². The van der Waals surface area contributed by atoms with Gasteiger partial charge in [0.2, 0.25) is 0 Å². The lowest BCUT2D eigenvalue weighted by atomic mass is 9.64. The number of fused-ring (bicyclic) bond motifs is 1. The van der Waals surface area contributed by atoms with Gasteiger partial charge >= 0.3 is 11.9 Å². The Morgan fingerprint density at radius 1 is 0.650 bits per heavy atom. The predicted octanol–water partition coefficient (Wildman–Crippen LogP) is 8.58. The van der Waals surface area contributed by atoms with E-state index in [1.807, 2.05) is 134 Å². The van der Waals surface area contributed by atoms with E-state index >= 15 is 0 Å². The number of hydrogen-bond donors (Lipinski definition) is 0. The molecule has 1 saturated heterocycles. The van der Waals surface area contributed by atoms with Gasteiger partial charge < -0.3 is 37.9 Å². The van der Waals surface area contributed by atoms with Crippen molar-refractivity contribution < 1.29 is 47.5 Å². The molecule has 0 aromatic heterocycles. The highest BCUT2D eigenvalue weighted by Crippen LogP contribution is 2.52. The van der Waals surface area contributed by atoms with Crippen molar-refractivity contribution in [2.75, 3.05) is 6.61 Å². The van der Waals surface area contributed by atoms with Crippen molar-refractivity contribution in [3.8, 4) is 0 Å². The number of ether oxygens (including phenoxy) is 8. The highest BCUT2D eigenvalue weighted by atomic mass is 16.7. The fraction of sp³-hybridized carbons (Fsp3) is 0.320. The Kier molecular flexibility index (Phi) is 14.4. The predicted molar refractivity (Wildman–Crippen MR) is 224 cm³/mol. The highest BCUT2D eigenvalue weighted by molar-refractivity contribution is 5.89. The number of carbonyl (C=O) groups is 2. The van der Waals surface area contributed by atoms with Gasteiger partial charge in [0.1, 0.15) is 23.9 Å². The lowest BCUT2D eigenvalue weighted by Gasteiger charge is -2.62. The van der Waals surface area contributed by atoms with Gasteiger partial charge in [0.25, 0.3) is 0 Å². The Labute approximate surface area is 351 Å². The fourth-order valence-corrected chi connectivity index (χ4v) is 8.10. The lowest BCUT2D eigenvalue weighted by molar-refractivity contribution is -0.401. The number of benzene rings is 5. The number of hydrogen-bond acceptors (Lipinski definition) is 10. The van der Waals surface area contributed by atoms with E-state index in [9.17, 15) is 9.59 Å². The molecule has 5 aromatic carbocycles. The Morgan fingerprint density at radius 2 is 1.13 bits per heavy atom. The third-order valence-electron chi connectivity index (χ3n) is 11.0. The fourth-order valence-electron chi connectivity index (χ4n) is 8.10. The van der Waals surface area contributed by atoms with Crippen LogP contribution in [0.15, 0.2) is 164 Å². The summed E-state index contributed by atoms with van der Waals surface area (Å²) in [6.07, 6.45) is -4.78. The Balaban J connectivity index is 1.42. The SMILES string of the molecule is C=CCO[C@H]1O[C@@H]2C[C@H](OC(=O)c3ccccc3)[C@@](C)(OCc3ccccc3)[C@H](OCc3ccccc3)[C@@]2(OCc2ccccc2)[C@H](OC(C)=O)[C@H]1OCc1ccccc1. The van der Waals surface area contributed by atoms with Gasteiger partial charge in [-0.25, -0.2) is 4.79 Å². The molecule has 0 radical (unpaired) electrons. The molecule has 10 nitrogen and oxygen atoms in total. The van der Waals surface area contributed by atoms with Crippen LogP contribution in [0.25, 0.3) is 0 Å².